The average molecular weight is 546 g/mol. The van der Waals surface area contributed by atoms with Crippen LogP contribution in [0.15, 0.2) is 54.9 Å². The van der Waals surface area contributed by atoms with E-state index >= 15 is 0 Å². The van der Waals surface area contributed by atoms with E-state index in [1.807, 2.05) is 42.6 Å². The average Bonchev–Trinajstić information content (AvgIpc) is 3.53. The zero-order valence-corrected chi connectivity index (χ0v) is 18.7. The van der Waals surface area contributed by atoms with Gasteiger partial charge in [-0.05, 0) is 29.8 Å². The van der Waals surface area contributed by atoms with Crippen molar-refractivity contribution in [1.82, 2.24) is 20.2 Å². The van der Waals surface area contributed by atoms with Crippen molar-refractivity contribution in [2.75, 3.05) is 6.61 Å². The number of aliphatic carboxylic acids is 2. The zero-order valence-electron chi connectivity index (χ0n) is 18.7. The molecule has 16 heteroatoms. The number of benzene rings is 2. The second-order valence-electron chi connectivity index (χ2n) is 7.31. The van der Waals surface area contributed by atoms with E-state index in [1.54, 1.807) is 6.20 Å². The fourth-order valence-corrected chi connectivity index (χ4v) is 2.92. The van der Waals surface area contributed by atoms with Crippen molar-refractivity contribution in [3.05, 3.63) is 60.7 Å². The quantitative estimate of drug-likeness (QED) is 0.264. The molecule has 1 atom stereocenters. The first kappa shape index (κ1) is 27.8. The van der Waals surface area contributed by atoms with Gasteiger partial charge in [-0.15, -0.1) is 0 Å². The van der Waals surface area contributed by atoms with E-state index < -0.39 is 24.3 Å². The molecule has 4 aromatic rings. The molecule has 202 valence electrons. The predicted molar refractivity (Wildman–Crippen MR) is 116 cm³/mol. The van der Waals surface area contributed by atoms with E-state index in [0.29, 0.717) is 6.61 Å². The summed E-state index contributed by atoms with van der Waals surface area (Å²) < 4.78 is 75.3. The molecule has 2 aromatic heterocycles. The molecule has 0 unspecified atom stereocenters. The van der Waals surface area contributed by atoms with Crippen molar-refractivity contribution in [2.24, 2.45) is 0 Å². The van der Waals surface area contributed by atoms with Gasteiger partial charge in [0.1, 0.15) is 6.61 Å². The maximum absolute atomic E-state index is 10.6. The highest BCUT2D eigenvalue weighted by molar-refractivity contribution is 5.81. The molecule has 0 bridgehead atoms. The fraction of sp³-hybridized carbons (Fsp3) is 0.182. The standard InChI is InChI=1S/C18H14N4O2.2C2HF3O2/c1-2-4-16-15(3-1)23-10-17(24-16)18-21-13-6-5-11(7-14(13)22-18)12-8-19-20-9-12;2*3-2(4,5)1(6)7/h1-9,17H,10H2,(H,19,20)(H,21,22);2*(H,6,7)/t17-;;/m1../s1. The van der Waals surface area contributed by atoms with E-state index in [2.05, 4.69) is 26.2 Å². The number of para-hydroxylation sites is 2. The van der Waals surface area contributed by atoms with Gasteiger partial charge in [0.2, 0.25) is 0 Å². The number of aromatic amines is 2. The van der Waals surface area contributed by atoms with Crippen LogP contribution in [-0.4, -0.2) is 61.3 Å². The minimum atomic E-state index is -5.08. The first-order valence-electron chi connectivity index (χ1n) is 10.2. The van der Waals surface area contributed by atoms with Crippen molar-refractivity contribution in [3.63, 3.8) is 0 Å². The Kier molecular flexibility index (Phi) is 8.13. The Morgan fingerprint density at radius 2 is 1.53 bits per heavy atom. The number of hydrogen-bond donors (Lipinski definition) is 4. The fourth-order valence-electron chi connectivity index (χ4n) is 2.92. The van der Waals surface area contributed by atoms with Crippen molar-refractivity contribution in [1.29, 1.82) is 0 Å². The molecule has 0 radical (unpaired) electrons. The molecule has 1 aliphatic heterocycles. The predicted octanol–water partition coefficient (Wildman–Crippen LogP) is 4.73. The lowest BCUT2D eigenvalue weighted by atomic mass is 10.1. The van der Waals surface area contributed by atoms with Gasteiger partial charge in [-0.25, -0.2) is 14.6 Å². The number of carbonyl (C=O) groups is 2. The molecule has 0 amide bonds. The first-order valence-corrected chi connectivity index (χ1v) is 10.2. The number of alkyl halides is 6. The Labute approximate surface area is 207 Å². The van der Waals surface area contributed by atoms with Gasteiger partial charge in [0.05, 0.1) is 17.2 Å². The maximum atomic E-state index is 10.6. The van der Waals surface area contributed by atoms with E-state index in [0.717, 1.165) is 39.5 Å². The lowest BCUT2D eigenvalue weighted by Crippen LogP contribution is -2.22. The van der Waals surface area contributed by atoms with Crippen molar-refractivity contribution < 1.29 is 55.6 Å². The van der Waals surface area contributed by atoms with Gasteiger partial charge in [0.25, 0.3) is 0 Å². The number of hydrogen-bond acceptors (Lipinski definition) is 6. The van der Waals surface area contributed by atoms with Crippen LogP contribution in [0.5, 0.6) is 11.5 Å². The summed E-state index contributed by atoms with van der Waals surface area (Å²) in [5, 5.41) is 21.1. The highest BCUT2D eigenvalue weighted by Gasteiger charge is 2.38. The maximum Gasteiger partial charge on any atom is 0.490 e. The third kappa shape index (κ3) is 7.14. The van der Waals surface area contributed by atoms with Gasteiger partial charge in [-0.1, -0.05) is 18.2 Å². The second kappa shape index (κ2) is 11.1. The van der Waals surface area contributed by atoms with Crippen LogP contribution in [0.25, 0.3) is 22.2 Å². The molecule has 38 heavy (non-hydrogen) atoms. The molecule has 5 rings (SSSR count). The summed E-state index contributed by atoms with van der Waals surface area (Å²) in [6.45, 7) is 0.436. The topological polar surface area (TPSA) is 150 Å². The molecule has 0 saturated carbocycles. The summed E-state index contributed by atoms with van der Waals surface area (Å²) in [6.07, 6.45) is -6.74. The Hall–Kier alpha value is -4.76. The SMILES string of the molecule is O=C(O)C(F)(F)F.O=C(O)C(F)(F)F.c1ccc2c(c1)OC[C@H](c1nc3ccc(-c4cn[nH]c4)cc3[nH]1)O2. The van der Waals surface area contributed by atoms with E-state index in [1.165, 1.54) is 0 Å². The van der Waals surface area contributed by atoms with Gasteiger partial charge in [0.15, 0.2) is 23.4 Å². The van der Waals surface area contributed by atoms with Gasteiger partial charge in [0, 0.05) is 11.8 Å². The van der Waals surface area contributed by atoms with Crippen LogP contribution in [0.4, 0.5) is 26.3 Å². The lowest BCUT2D eigenvalue weighted by molar-refractivity contribution is -0.193. The van der Waals surface area contributed by atoms with Crippen LogP contribution >= 0.6 is 0 Å². The number of ether oxygens (including phenoxy) is 2. The molecule has 4 N–H and O–H groups in total. The molecule has 3 heterocycles. The minimum absolute atomic E-state index is 0.246. The number of nitrogens with zero attached hydrogens (tertiary/aromatic N) is 2. The number of carboxylic acids is 2. The summed E-state index contributed by atoms with van der Waals surface area (Å²) in [7, 11) is 0. The van der Waals surface area contributed by atoms with Crippen LogP contribution in [0.1, 0.15) is 11.9 Å². The van der Waals surface area contributed by atoms with Gasteiger partial charge in [-0.2, -0.15) is 31.4 Å². The minimum Gasteiger partial charge on any atom is -0.485 e. The third-order valence-electron chi connectivity index (χ3n) is 4.63. The molecule has 0 spiro atoms. The number of carboxylic acid groups (broad SMARTS) is 2. The van der Waals surface area contributed by atoms with Crippen molar-refractivity contribution in [3.8, 4) is 22.6 Å². The monoisotopic (exact) mass is 546 g/mol. The molecule has 0 fully saturated rings. The highest BCUT2D eigenvalue weighted by atomic mass is 19.4. The number of imidazole rings is 1. The summed E-state index contributed by atoms with van der Waals surface area (Å²) >= 11 is 0. The molecule has 10 nitrogen and oxygen atoms in total. The van der Waals surface area contributed by atoms with Gasteiger partial charge in [-0.3, -0.25) is 5.10 Å². The summed E-state index contributed by atoms with van der Waals surface area (Å²) in [5.41, 5.74) is 3.99. The van der Waals surface area contributed by atoms with E-state index in [4.69, 9.17) is 29.3 Å². The van der Waals surface area contributed by atoms with Crippen LogP contribution < -0.4 is 9.47 Å². The van der Waals surface area contributed by atoms with Crippen molar-refractivity contribution >= 4 is 23.0 Å². The Morgan fingerprint density at radius 1 is 0.921 bits per heavy atom. The summed E-state index contributed by atoms with van der Waals surface area (Å²) in [6, 6.07) is 13.8. The van der Waals surface area contributed by atoms with Crippen molar-refractivity contribution in [2.45, 2.75) is 18.5 Å². The van der Waals surface area contributed by atoms with E-state index in [-0.39, 0.29) is 6.10 Å². The van der Waals surface area contributed by atoms with Gasteiger partial charge < -0.3 is 24.7 Å². The van der Waals surface area contributed by atoms with Crippen LogP contribution in [0, 0.1) is 0 Å². The largest absolute Gasteiger partial charge is 0.490 e. The number of aromatic nitrogens is 4. The molecule has 1 aliphatic rings. The Bertz CT molecular complexity index is 1380. The smallest absolute Gasteiger partial charge is 0.485 e. The van der Waals surface area contributed by atoms with Crippen LogP contribution in [0.2, 0.25) is 0 Å². The zero-order chi connectivity index (χ0) is 28.1. The summed E-state index contributed by atoms with van der Waals surface area (Å²) in [4.78, 5) is 25.8. The number of H-pyrrole nitrogens is 2. The molecule has 2 aromatic carbocycles. The highest BCUT2D eigenvalue weighted by Crippen LogP contribution is 2.35. The lowest BCUT2D eigenvalue weighted by Gasteiger charge is -2.24. The normalized spacial score (nSPS) is 14.5. The Balaban J connectivity index is 0.000000239. The van der Waals surface area contributed by atoms with E-state index in [9.17, 15) is 26.3 Å². The summed E-state index contributed by atoms with van der Waals surface area (Å²) in [5.74, 6) is -3.23. The van der Waals surface area contributed by atoms with Crippen LogP contribution in [0.3, 0.4) is 0 Å². The van der Waals surface area contributed by atoms with Crippen LogP contribution in [-0.2, 0) is 9.59 Å². The third-order valence-corrected chi connectivity index (χ3v) is 4.63. The van der Waals surface area contributed by atoms with Gasteiger partial charge >= 0.3 is 24.3 Å². The molecule has 0 aliphatic carbocycles. The number of halogens is 6. The number of fused-ring (bicyclic) bond motifs is 2. The Morgan fingerprint density at radius 3 is 2.08 bits per heavy atom. The first-order chi connectivity index (χ1) is 17.8. The molecule has 0 saturated heterocycles. The number of rotatable bonds is 2. The second-order valence-corrected chi connectivity index (χ2v) is 7.31. The number of nitrogens with one attached hydrogen (secondary N) is 2. The molecular weight excluding hydrogens is 530 g/mol. The molecular formula is C22H16F6N4O6.